The van der Waals surface area contributed by atoms with E-state index in [1.165, 1.54) is 5.56 Å². The van der Waals surface area contributed by atoms with Gasteiger partial charge in [0.15, 0.2) is 0 Å². The molecule has 5 nitrogen and oxygen atoms in total. The molecule has 1 fully saturated rings. The van der Waals surface area contributed by atoms with Crippen molar-refractivity contribution in [2.45, 2.75) is 18.9 Å². The average Bonchev–Trinajstić information content (AvgIpc) is 2.69. The van der Waals surface area contributed by atoms with Crippen molar-refractivity contribution >= 4 is 11.7 Å². The van der Waals surface area contributed by atoms with Gasteiger partial charge in [-0.2, -0.15) is 0 Å². The zero-order valence-corrected chi connectivity index (χ0v) is 15.8. The van der Waals surface area contributed by atoms with Crippen molar-refractivity contribution in [3.8, 4) is 0 Å². The number of methoxy groups -OCH3 is 1. The summed E-state index contributed by atoms with van der Waals surface area (Å²) in [7, 11) is 5.59. The van der Waals surface area contributed by atoms with Gasteiger partial charge in [-0.25, -0.2) is 4.98 Å². The topological polar surface area (TPSA) is 45.7 Å². The molecule has 0 spiro atoms. The fourth-order valence-corrected chi connectivity index (χ4v) is 3.74. The highest BCUT2D eigenvalue weighted by Gasteiger charge is 2.30. The van der Waals surface area contributed by atoms with Crippen LogP contribution in [0.1, 0.15) is 34.9 Å². The number of carbonyl (C=O) groups excluding carboxylic acids is 1. The Balaban J connectivity index is 1.68. The predicted octanol–water partition coefficient (Wildman–Crippen LogP) is 3.39. The molecule has 0 radical (unpaired) electrons. The van der Waals surface area contributed by atoms with Crippen molar-refractivity contribution in [1.29, 1.82) is 0 Å². The lowest BCUT2D eigenvalue weighted by Gasteiger charge is -2.36. The zero-order valence-electron chi connectivity index (χ0n) is 15.8. The van der Waals surface area contributed by atoms with Gasteiger partial charge in [0.1, 0.15) is 5.82 Å². The molecule has 1 aromatic carbocycles. The van der Waals surface area contributed by atoms with Crippen LogP contribution in [0.15, 0.2) is 48.7 Å². The van der Waals surface area contributed by atoms with Crippen molar-refractivity contribution in [3.05, 3.63) is 59.8 Å². The summed E-state index contributed by atoms with van der Waals surface area (Å²) in [5.41, 5.74) is 1.88. The number of pyridine rings is 1. The Labute approximate surface area is 155 Å². The van der Waals surface area contributed by atoms with Crippen LogP contribution in [-0.4, -0.2) is 50.1 Å². The van der Waals surface area contributed by atoms with E-state index in [0.717, 1.165) is 31.7 Å². The molecule has 1 atom stereocenters. The molecule has 0 aliphatic carbocycles. The van der Waals surface area contributed by atoms with Crippen LogP contribution in [-0.2, 0) is 4.74 Å². The maximum absolute atomic E-state index is 13.0. The van der Waals surface area contributed by atoms with E-state index in [0.29, 0.717) is 11.5 Å². The molecule has 2 aromatic rings. The van der Waals surface area contributed by atoms with Crippen molar-refractivity contribution in [3.63, 3.8) is 0 Å². The molecular formula is C21H27N3O2. The molecule has 0 bridgehead atoms. The molecule has 5 heteroatoms. The first-order valence-electron chi connectivity index (χ1n) is 9.11. The summed E-state index contributed by atoms with van der Waals surface area (Å²) in [6, 6.07) is 14.0. The van der Waals surface area contributed by atoms with Crippen LogP contribution in [0.5, 0.6) is 0 Å². The quantitative estimate of drug-likeness (QED) is 0.827. The Morgan fingerprint density at radius 3 is 2.46 bits per heavy atom. The van der Waals surface area contributed by atoms with Crippen molar-refractivity contribution in [1.82, 2.24) is 9.88 Å². The average molecular weight is 353 g/mol. The van der Waals surface area contributed by atoms with Crippen LogP contribution in [0, 0.1) is 5.92 Å². The minimum atomic E-state index is 0.0638. The largest absolute Gasteiger partial charge is 0.376 e. The molecule has 0 N–H and O–H groups in total. The van der Waals surface area contributed by atoms with E-state index < -0.39 is 0 Å². The Hall–Kier alpha value is -2.40. The Bertz CT molecular complexity index is 725. The molecule has 1 aliphatic rings. The fraction of sp³-hybridized carbons (Fsp3) is 0.429. The van der Waals surface area contributed by atoms with Gasteiger partial charge in [-0.05, 0) is 36.5 Å². The predicted molar refractivity (Wildman–Crippen MR) is 103 cm³/mol. The minimum absolute atomic E-state index is 0.0638. The number of likely N-dealkylation sites (tertiary alicyclic amines) is 1. The Morgan fingerprint density at radius 1 is 1.15 bits per heavy atom. The maximum atomic E-state index is 13.0. The smallest absolute Gasteiger partial charge is 0.257 e. The molecule has 2 heterocycles. The molecule has 1 unspecified atom stereocenters. The SMILES string of the molecule is COC(c1ccccc1)C1CCN(C(=O)c2cccnc2N(C)C)CC1. The van der Waals surface area contributed by atoms with E-state index in [9.17, 15) is 4.79 Å². The number of aromatic nitrogens is 1. The van der Waals surface area contributed by atoms with Crippen LogP contribution >= 0.6 is 0 Å². The standard InChI is InChI=1S/C21H27N3O2/c1-23(2)20-18(10-7-13-22-20)21(25)24-14-11-17(12-15-24)19(26-3)16-8-5-4-6-9-16/h4-10,13,17,19H,11-12,14-15H2,1-3H3. The number of ether oxygens (including phenoxy) is 1. The highest BCUT2D eigenvalue weighted by atomic mass is 16.5. The molecule has 1 saturated heterocycles. The van der Waals surface area contributed by atoms with Crippen LogP contribution in [0.4, 0.5) is 5.82 Å². The number of amides is 1. The lowest BCUT2D eigenvalue weighted by Crippen LogP contribution is -2.40. The third-order valence-corrected chi connectivity index (χ3v) is 5.08. The number of carbonyl (C=O) groups is 1. The van der Waals surface area contributed by atoms with Gasteiger partial charge in [0.2, 0.25) is 0 Å². The molecule has 1 amide bonds. The van der Waals surface area contributed by atoms with Gasteiger partial charge < -0.3 is 14.5 Å². The van der Waals surface area contributed by atoms with Gasteiger partial charge in [-0.1, -0.05) is 30.3 Å². The van der Waals surface area contributed by atoms with E-state index >= 15 is 0 Å². The van der Waals surface area contributed by atoms with Crippen LogP contribution in [0.25, 0.3) is 0 Å². The molecule has 3 rings (SSSR count). The summed E-state index contributed by atoms with van der Waals surface area (Å²) >= 11 is 0. The number of benzene rings is 1. The van der Waals surface area contributed by atoms with Crippen molar-refractivity contribution < 1.29 is 9.53 Å². The van der Waals surface area contributed by atoms with Crippen LogP contribution < -0.4 is 4.90 Å². The van der Waals surface area contributed by atoms with Gasteiger partial charge in [0.05, 0.1) is 11.7 Å². The second-order valence-corrected chi connectivity index (χ2v) is 6.97. The normalized spacial score (nSPS) is 16.3. The van der Waals surface area contributed by atoms with Gasteiger partial charge in [0.25, 0.3) is 5.91 Å². The fourth-order valence-electron chi connectivity index (χ4n) is 3.74. The zero-order chi connectivity index (χ0) is 18.5. The number of hydrogen-bond donors (Lipinski definition) is 0. The summed E-state index contributed by atoms with van der Waals surface area (Å²) < 4.78 is 5.79. The third kappa shape index (κ3) is 3.88. The minimum Gasteiger partial charge on any atom is -0.376 e. The summed E-state index contributed by atoms with van der Waals surface area (Å²) in [5.74, 6) is 1.21. The molecule has 1 aliphatic heterocycles. The van der Waals surface area contributed by atoms with Crippen molar-refractivity contribution in [2.24, 2.45) is 5.92 Å². The summed E-state index contributed by atoms with van der Waals surface area (Å²) in [5, 5.41) is 0. The number of nitrogens with zero attached hydrogens (tertiary/aromatic N) is 3. The molecule has 26 heavy (non-hydrogen) atoms. The van der Waals surface area contributed by atoms with Gasteiger partial charge >= 0.3 is 0 Å². The first-order chi connectivity index (χ1) is 12.6. The first kappa shape index (κ1) is 18.4. The van der Waals surface area contributed by atoms with E-state index in [1.807, 2.05) is 54.2 Å². The van der Waals surface area contributed by atoms with E-state index in [-0.39, 0.29) is 12.0 Å². The maximum Gasteiger partial charge on any atom is 0.257 e. The van der Waals surface area contributed by atoms with Gasteiger partial charge in [0, 0.05) is 40.5 Å². The lowest BCUT2D eigenvalue weighted by atomic mass is 9.87. The summed E-state index contributed by atoms with van der Waals surface area (Å²) in [6.45, 7) is 1.50. The number of rotatable bonds is 5. The molecule has 0 saturated carbocycles. The molecule has 138 valence electrons. The van der Waals surface area contributed by atoms with Gasteiger partial charge in [-0.3, -0.25) is 4.79 Å². The van der Waals surface area contributed by atoms with E-state index in [2.05, 4.69) is 17.1 Å². The highest BCUT2D eigenvalue weighted by Crippen LogP contribution is 2.33. The number of hydrogen-bond acceptors (Lipinski definition) is 4. The monoisotopic (exact) mass is 353 g/mol. The van der Waals surface area contributed by atoms with Crippen LogP contribution in [0.3, 0.4) is 0 Å². The number of piperidine rings is 1. The van der Waals surface area contributed by atoms with Gasteiger partial charge in [-0.15, -0.1) is 0 Å². The Morgan fingerprint density at radius 2 is 1.85 bits per heavy atom. The third-order valence-electron chi connectivity index (χ3n) is 5.08. The lowest BCUT2D eigenvalue weighted by molar-refractivity contribution is 0.0195. The summed E-state index contributed by atoms with van der Waals surface area (Å²) in [4.78, 5) is 21.1. The second-order valence-electron chi connectivity index (χ2n) is 6.97. The first-order valence-corrected chi connectivity index (χ1v) is 9.11. The number of anilines is 1. The highest BCUT2D eigenvalue weighted by molar-refractivity contribution is 5.98. The second kappa shape index (κ2) is 8.32. The van der Waals surface area contributed by atoms with E-state index in [1.54, 1.807) is 13.3 Å². The molecular weight excluding hydrogens is 326 g/mol. The van der Waals surface area contributed by atoms with Crippen molar-refractivity contribution in [2.75, 3.05) is 39.2 Å². The molecule has 1 aromatic heterocycles. The summed E-state index contributed by atoms with van der Waals surface area (Å²) in [6.07, 6.45) is 3.69. The van der Waals surface area contributed by atoms with E-state index in [4.69, 9.17) is 4.74 Å². The van der Waals surface area contributed by atoms with Crippen LogP contribution in [0.2, 0.25) is 0 Å². The Kier molecular flexibility index (Phi) is 5.89.